The van der Waals surface area contributed by atoms with E-state index < -0.39 is 0 Å². The molecule has 0 aliphatic rings. The van der Waals surface area contributed by atoms with E-state index in [1.807, 2.05) is 56.3 Å². The molecule has 2 rings (SSSR count). The van der Waals surface area contributed by atoms with Crippen LogP contribution in [-0.4, -0.2) is 11.8 Å². The highest BCUT2D eigenvalue weighted by Crippen LogP contribution is 2.27. The number of hydrogen-bond donors (Lipinski definition) is 2. The minimum absolute atomic E-state index is 0.183. The molecule has 0 aromatic heterocycles. The van der Waals surface area contributed by atoms with Gasteiger partial charge in [0.15, 0.2) is 0 Å². The van der Waals surface area contributed by atoms with Crippen LogP contribution in [0, 0.1) is 13.8 Å². The number of hydrogen-bond acceptors (Lipinski definition) is 2. The number of nitrogens with one attached hydrogen (secondary N) is 2. The molecule has 0 atom stereocenters. The first-order chi connectivity index (χ1) is 11.9. The summed E-state index contributed by atoms with van der Waals surface area (Å²) in [6, 6.07) is 13.8. The molecule has 0 fully saturated rings. The van der Waals surface area contributed by atoms with Gasteiger partial charge in [-0.3, -0.25) is 9.59 Å². The summed E-state index contributed by atoms with van der Waals surface area (Å²) >= 11 is 0. The fraction of sp³-hybridized carbons (Fsp3) is 0.333. The molecule has 0 radical (unpaired) electrons. The molecule has 2 N–H and O–H groups in total. The van der Waals surface area contributed by atoms with Gasteiger partial charge in [-0.1, -0.05) is 56.3 Å². The molecule has 0 saturated heterocycles. The molecule has 0 spiro atoms. The van der Waals surface area contributed by atoms with Crippen LogP contribution in [0.4, 0.5) is 5.69 Å². The molecular formula is C21H26N2O2. The largest absolute Gasteiger partial charge is 0.352 e. The standard InChI is InChI=1S/C21H26N2O2/c1-14(2)18-11-7-9-16(4)21(18)23-20(25)12-19(24)22-13-17-10-6-5-8-15(17)3/h5-11,14H,12-13H2,1-4H3,(H,22,24)(H,23,25). The van der Waals surface area contributed by atoms with Crippen LogP contribution >= 0.6 is 0 Å². The van der Waals surface area contributed by atoms with Crippen molar-refractivity contribution in [2.75, 3.05) is 5.32 Å². The van der Waals surface area contributed by atoms with Gasteiger partial charge >= 0.3 is 0 Å². The van der Waals surface area contributed by atoms with Crippen molar-refractivity contribution >= 4 is 17.5 Å². The van der Waals surface area contributed by atoms with Gasteiger partial charge in [-0.05, 0) is 42.0 Å². The van der Waals surface area contributed by atoms with Gasteiger partial charge in [0, 0.05) is 12.2 Å². The second-order valence-corrected chi connectivity index (χ2v) is 6.62. The minimum atomic E-state index is -0.293. The van der Waals surface area contributed by atoms with Crippen LogP contribution in [0.3, 0.4) is 0 Å². The lowest BCUT2D eigenvalue weighted by molar-refractivity contribution is -0.126. The maximum atomic E-state index is 12.3. The average Bonchev–Trinajstić information content (AvgIpc) is 2.55. The summed E-state index contributed by atoms with van der Waals surface area (Å²) in [7, 11) is 0. The molecule has 0 aliphatic heterocycles. The van der Waals surface area contributed by atoms with Crippen molar-refractivity contribution < 1.29 is 9.59 Å². The van der Waals surface area contributed by atoms with E-state index in [2.05, 4.69) is 24.5 Å². The number of benzene rings is 2. The van der Waals surface area contributed by atoms with Crippen LogP contribution in [0.2, 0.25) is 0 Å². The molecule has 0 unspecified atom stereocenters. The predicted octanol–water partition coefficient (Wildman–Crippen LogP) is 4.07. The number of anilines is 1. The highest BCUT2D eigenvalue weighted by atomic mass is 16.2. The lowest BCUT2D eigenvalue weighted by Crippen LogP contribution is -2.28. The average molecular weight is 338 g/mol. The Bertz CT molecular complexity index is 766. The van der Waals surface area contributed by atoms with Gasteiger partial charge in [0.05, 0.1) is 0 Å². The van der Waals surface area contributed by atoms with Crippen molar-refractivity contribution in [1.82, 2.24) is 5.32 Å². The highest BCUT2D eigenvalue weighted by Gasteiger charge is 2.14. The molecule has 4 nitrogen and oxygen atoms in total. The van der Waals surface area contributed by atoms with E-state index in [4.69, 9.17) is 0 Å². The van der Waals surface area contributed by atoms with Crippen LogP contribution in [0.5, 0.6) is 0 Å². The molecule has 0 bridgehead atoms. The van der Waals surface area contributed by atoms with Crippen LogP contribution < -0.4 is 10.6 Å². The van der Waals surface area contributed by atoms with Gasteiger partial charge < -0.3 is 10.6 Å². The third-order valence-electron chi connectivity index (χ3n) is 4.25. The molecule has 2 aromatic carbocycles. The first-order valence-electron chi connectivity index (χ1n) is 8.59. The van der Waals surface area contributed by atoms with Gasteiger partial charge in [0.2, 0.25) is 11.8 Å². The van der Waals surface area contributed by atoms with Crippen LogP contribution in [0.25, 0.3) is 0 Å². The fourth-order valence-electron chi connectivity index (χ4n) is 2.74. The first-order valence-corrected chi connectivity index (χ1v) is 8.59. The summed E-state index contributed by atoms with van der Waals surface area (Å²) in [5.74, 6) is -0.274. The van der Waals surface area contributed by atoms with Crippen molar-refractivity contribution in [3.05, 3.63) is 64.7 Å². The van der Waals surface area contributed by atoms with Gasteiger partial charge in [-0.2, -0.15) is 0 Å². The Labute approximate surface area is 149 Å². The zero-order valence-corrected chi connectivity index (χ0v) is 15.3. The maximum absolute atomic E-state index is 12.3. The number of aryl methyl sites for hydroxylation is 2. The van der Waals surface area contributed by atoms with E-state index in [0.29, 0.717) is 12.5 Å². The lowest BCUT2D eigenvalue weighted by atomic mass is 9.98. The summed E-state index contributed by atoms with van der Waals surface area (Å²) in [5, 5.41) is 5.71. The zero-order valence-electron chi connectivity index (χ0n) is 15.3. The summed E-state index contributed by atoms with van der Waals surface area (Å²) < 4.78 is 0. The van der Waals surface area contributed by atoms with Crippen molar-refractivity contribution in [2.45, 2.75) is 46.6 Å². The van der Waals surface area contributed by atoms with Crippen LogP contribution in [0.1, 0.15) is 48.4 Å². The summed E-state index contributed by atoms with van der Waals surface area (Å²) in [5.41, 5.74) is 5.06. The quantitative estimate of drug-likeness (QED) is 0.780. The number of carbonyl (C=O) groups excluding carboxylic acids is 2. The summed E-state index contributed by atoms with van der Waals surface area (Å²) in [4.78, 5) is 24.3. The van der Waals surface area contributed by atoms with Crippen LogP contribution in [-0.2, 0) is 16.1 Å². The maximum Gasteiger partial charge on any atom is 0.233 e. The summed E-state index contributed by atoms with van der Waals surface area (Å²) in [6.07, 6.45) is -0.183. The fourth-order valence-corrected chi connectivity index (χ4v) is 2.74. The lowest BCUT2D eigenvalue weighted by Gasteiger charge is -2.16. The molecule has 132 valence electrons. The van der Waals surface area contributed by atoms with E-state index >= 15 is 0 Å². The Balaban J connectivity index is 1.94. The Morgan fingerprint density at radius 2 is 1.60 bits per heavy atom. The first kappa shape index (κ1) is 18.7. The molecule has 0 heterocycles. The smallest absolute Gasteiger partial charge is 0.233 e. The number of rotatable bonds is 6. The van der Waals surface area contributed by atoms with Crippen molar-refractivity contribution in [1.29, 1.82) is 0 Å². The van der Waals surface area contributed by atoms with Crippen LogP contribution in [0.15, 0.2) is 42.5 Å². The van der Waals surface area contributed by atoms with Crippen molar-refractivity contribution in [3.63, 3.8) is 0 Å². The second kappa shape index (κ2) is 8.47. The molecular weight excluding hydrogens is 312 g/mol. The predicted molar refractivity (Wildman–Crippen MR) is 102 cm³/mol. The monoisotopic (exact) mass is 338 g/mol. The van der Waals surface area contributed by atoms with Crippen molar-refractivity contribution in [2.24, 2.45) is 0 Å². The number of carbonyl (C=O) groups is 2. The van der Waals surface area contributed by atoms with Gasteiger partial charge in [-0.25, -0.2) is 0 Å². The molecule has 0 saturated carbocycles. The van der Waals surface area contributed by atoms with Crippen molar-refractivity contribution in [3.8, 4) is 0 Å². The molecule has 25 heavy (non-hydrogen) atoms. The van der Waals surface area contributed by atoms with Gasteiger partial charge in [0.25, 0.3) is 0 Å². The van der Waals surface area contributed by atoms with E-state index in [-0.39, 0.29) is 18.2 Å². The highest BCUT2D eigenvalue weighted by molar-refractivity contribution is 6.04. The molecule has 2 amide bonds. The normalized spacial score (nSPS) is 10.6. The Morgan fingerprint density at radius 1 is 0.920 bits per heavy atom. The molecule has 0 aliphatic carbocycles. The van der Waals surface area contributed by atoms with Gasteiger partial charge in [-0.15, -0.1) is 0 Å². The molecule has 4 heteroatoms. The van der Waals surface area contributed by atoms with Gasteiger partial charge in [0.1, 0.15) is 6.42 Å². The third-order valence-corrected chi connectivity index (χ3v) is 4.25. The molecule has 2 aromatic rings. The Hall–Kier alpha value is -2.62. The van der Waals surface area contributed by atoms with E-state index in [1.165, 1.54) is 0 Å². The Kier molecular flexibility index (Phi) is 6.34. The van der Waals surface area contributed by atoms with E-state index in [9.17, 15) is 9.59 Å². The second-order valence-electron chi connectivity index (χ2n) is 6.62. The Morgan fingerprint density at radius 3 is 2.28 bits per heavy atom. The van der Waals surface area contributed by atoms with E-state index in [0.717, 1.165) is 27.9 Å². The number of para-hydroxylation sites is 1. The SMILES string of the molecule is Cc1ccccc1CNC(=O)CC(=O)Nc1c(C)cccc1C(C)C. The number of amides is 2. The zero-order chi connectivity index (χ0) is 18.4. The third kappa shape index (κ3) is 5.18. The van der Waals surface area contributed by atoms with E-state index in [1.54, 1.807) is 0 Å². The summed E-state index contributed by atoms with van der Waals surface area (Å²) in [6.45, 7) is 8.55. The minimum Gasteiger partial charge on any atom is -0.352 e. The topological polar surface area (TPSA) is 58.2 Å².